The predicted octanol–water partition coefficient (Wildman–Crippen LogP) is 3.24. The number of benzene rings is 2. The number of likely N-dealkylation sites (N-methyl/N-ethyl adjacent to an activating group) is 1. The molecule has 2 saturated heterocycles. The van der Waals surface area contributed by atoms with Gasteiger partial charge in [0.05, 0.1) is 24.4 Å². The quantitative estimate of drug-likeness (QED) is 0.637. The van der Waals surface area contributed by atoms with E-state index in [-0.39, 0.29) is 17.9 Å². The number of nitrogens with zero attached hydrogens (tertiary/aromatic N) is 4. The molecule has 2 aliphatic heterocycles. The van der Waals surface area contributed by atoms with Gasteiger partial charge in [-0.15, -0.1) is 0 Å². The second-order valence-electron chi connectivity index (χ2n) is 8.48. The van der Waals surface area contributed by atoms with Crippen molar-refractivity contribution in [2.24, 2.45) is 5.92 Å². The average Bonchev–Trinajstić information content (AvgIpc) is 3.40. The van der Waals surface area contributed by atoms with E-state index in [0.29, 0.717) is 36.7 Å². The van der Waals surface area contributed by atoms with Crippen LogP contribution in [-0.4, -0.2) is 64.7 Å². The summed E-state index contributed by atoms with van der Waals surface area (Å²) in [7, 11) is 3.47. The summed E-state index contributed by atoms with van der Waals surface area (Å²) >= 11 is 0. The Morgan fingerprint density at radius 3 is 2.56 bits per heavy atom. The van der Waals surface area contributed by atoms with Crippen LogP contribution in [0.1, 0.15) is 23.2 Å². The second-order valence-corrected chi connectivity index (χ2v) is 8.48. The molecular formula is C25H26N4O3. The molecule has 0 bridgehead atoms. The van der Waals surface area contributed by atoms with E-state index >= 15 is 0 Å². The number of aromatic nitrogens is 2. The third-order valence-corrected chi connectivity index (χ3v) is 6.67. The zero-order chi connectivity index (χ0) is 22.2. The first-order valence-electron chi connectivity index (χ1n) is 10.9. The molecule has 0 N–H and O–H groups in total. The van der Waals surface area contributed by atoms with E-state index in [1.165, 1.54) is 0 Å². The molecule has 1 aromatic heterocycles. The minimum absolute atomic E-state index is 0.0517. The molecule has 3 aromatic rings. The van der Waals surface area contributed by atoms with Crippen molar-refractivity contribution in [3.05, 3.63) is 66.4 Å². The summed E-state index contributed by atoms with van der Waals surface area (Å²) < 4.78 is 7.03. The van der Waals surface area contributed by atoms with Gasteiger partial charge >= 0.3 is 0 Å². The average molecular weight is 431 g/mol. The van der Waals surface area contributed by atoms with Gasteiger partial charge in [-0.25, -0.2) is 4.68 Å². The van der Waals surface area contributed by atoms with E-state index in [2.05, 4.69) is 0 Å². The van der Waals surface area contributed by atoms with Crippen LogP contribution in [0.2, 0.25) is 0 Å². The largest absolute Gasteiger partial charge is 0.497 e. The normalized spacial score (nSPS) is 20.4. The van der Waals surface area contributed by atoms with Crippen molar-refractivity contribution in [1.29, 1.82) is 0 Å². The molecule has 0 radical (unpaired) electrons. The first-order valence-corrected chi connectivity index (χ1v) is 10.9. The van der Waals surface area contributed by atoms with Crippen molar-refractivity contribution in [3.63, 3.8) is 0 Å². The maximum Gasteiger partial charge on any atom is 0.257 e. The molecule has 0 aliphatic carbocycles. The summed E-state index contributed by atoms with van der Waals surface area (Å²) in [5.41, 5.74) is 2.94. The number of piperidine rings is 1. The number of fused-ring (bicyclic) bond motifs is 1. The molecule has 2 aliphatic rings. The van der Waals surface area contributed by atoms with Gasteiger partial charge in [-0.3, -0.25) is 9.59 Å². The van der Waals surface area contributed by atoms with Crippen LogP contribution < -0.4 is 4.74 Å². The summed E-state index contributed by atoms with van der Waals surface area (Å²) in [5.74, 6) is 1.21. The fraction of sp³-hybridized carbons (Fsp3) is 0.320. The highest BCUT2D eigenvalue weighted by Gasteiger charge is 2.42. The fourth-order valence-electron chi connectivity index (χ4n) is 4.77. The lowest BCUT2D eigenvalue weighted by atomic mass is 9.91. The van der Waals surface area contributed by atoms with E-state index in [4.69, 9.17) is 9.84 Å². The lowest BCUT2D eigenvalue weighted by Gasteiger charge is -2.37. The maximum atomic E-state index is 13.7. The Kier molecular flexibility index (Phi) is 5.17. The SMILES string of the molecule is COc1ccc(-c2nn(-c3ccccc3)cc2C(=O)N2CC[C@@H]3CC(=O)N(C)[C@@H]3C2)cc1. The highest BCUT2D eigenvalue weighted by atomic mass is 16.5. The molecule has 2 amide bonds. The molecule has 0 unspecified atom stereocenters. The Balaban J connectivity index is 1.51. The van der Waals surface area contributed by atoms with Crippen LogP contribution in [0.25, 0.3) is 16.9 Å². The number of methoxy groups -OCH3 is 1. The van der Waals surface area contributed by atoms with E-state index in [1.54, 1.807) is 11.8 Å². The zero-order valence-electron chi connectivity index (χ0n) is 18.3. The van der Waals surface area contributed by atoms with Crippen LogP contribution in [0.4, 0.5) is 0 Å². The Hall–Kier alpha value is -3.61. The van der Waals surface area contributed by atoms with Crippen LogP contribution in [0, 0.1) is 5.92 Å². The van der Waals surface area contributed by atoms with Crippen molar-refractivity contribution in [2.45, 2.75) is 18.9 Å². The number of para-hydroxylation sites is 1. The van der Waals surface area contributed by atoms with Crippen LogP contribution in [0.3, 0.4) is 0 Å². The maximum absolute atomic E-state index is 13.7. The number of carbonyl (C=O) groups excluding carboxylic acids is 2. The zero-order valence-corrected chi connectivity index (χ0v) is 18.3. The van der Waals surface area contributed by atoms with E-state index in [0.717, 1.165) is 23.4 Å². The molecule has 5 rings (SSSR count). The Morgan fingerprint density at radius 2 is 1.84 bits per heavy atom. The molecule has 32 heavy (non-hydrogen) atoms. The lowest BCUT2D eigenvalue weighted by molar-refractivity contribution is -0.127. The number of rotatable bonds is 4. The van der Waals surface area contributed by atoms with Gasteiger partial charge in [0.15, 0.2) is 0 Å². The minimum Gasteiger partial charge on any atom is -0.497 e. The lowest BCUT2D eigenvalue weighted by Crippen LogP contribution is -2.49. The minimum atomic E-state index is -0.0517. The fourth-order valence-corrected chi connectivity index (χ4v) is 4.77. The summed E-state index contributed by atoms with van der Waals surface area (Å²) in [4.78, 5) is 29.5. The number of ether oxygens (including phenoxy) is 1. The van der Waals surface area contributed by atoms with Crippen molar-refractivity contribution < 1.29 is 14.3 Å². The Bertz CT molecular complexity index is 1140. The van der Waals surface area contributed by atoms with Crippen LogP contribution in [-0.2, 0) is 4.79 Å². The molecule has 2 atom stereocenters. The summed E-state index contributed by atoms with van der Waals surface area (Å²) in [6.07, 6.45) is 3.25. The molecule has 164 valence electrons. The molecule has 3 heterocycles. The highest BCUT2D eigenvalue weighted by molar-refractivity contribution is 6.00. The summed E-state index contributed by atoms with van der Waals surface area (Å²) in [5, 5.41) is 4.78. The van der Waals surface area contributed by atoms with E-state index in [9.17, 15) is 9.59 Å². The number of amides is 2. The van der Waals surface area contributed by atoms with Crippen LogP contribution in [0.15, 0.2) is 60.8 Å². The van der Waals surface area contributed by atoms with Crippen molar-refractivity contribution >= 4 is 11.8 Å². The second kappa shape index (κ2) is 8.15. The monoisotopic (exact) mass is 430 g/mol. The number of hydrogen-bond donors (Lipinski definition) is 0. The van der Waals surface area contributed by atoms with Crippen LogP contribution >= 0.6 is 0 Å². The Morgan fingerprint density at radius 1 is 1.09 bits per heavy atom. The molecular weight excluding hydrogens is 404 g/mol. The smallest absolute Gasteiger partial charge is 0.257 e. The summed E-state index contributed by atoms with van der Waals surface area (Å²) in [6, 6.07) is 17.4. The van der Waals surface area contributed by atoms with Crippen molar-refractivity contribution in [2.75, 3.05) is 27.2 Å². The van der Waals surface area contributed by atoms with E-state index in [1.807, 2.05) is 77.6 Å². The van der Waals surface area contributed by atoms with Gasteiger partial charge < -0.3 is 14.5 Å². The van der Waals surface area contributed by atoms with Crippen molar-refractivity contribution in [3.8, 4) is 22.7 Å². The Labute approximate surface area is 187 Å². The first-order chi connectivity index (χ1) is 15.5. The van der Waals surface area contributed by atoms with Gasteiger partial charge in [0.1, 0.15) is 11.4 Å². The molecule has 7 heteroatoms. The van der Waals surface area contributed by atoms with Crippen LogP contribution in [0.5, 0.6) is 5.75 Å². The third-order valence-electron chi connectivity index (χ3n) is 6.67. The number of likely N-dealkylation sites (tertiary alicyclic amines) is 2. The predicted molar refractivity (Wildman–Crippen MR) is 121 cm³/mol. The molecule has 7 nitrogen and oxygen atoms in total. The van der Waals surface area contributed by atoms with Gasteiger partial charge in [0.2, 0.25) is 5.91 Å². The third kappa shape index (κ3) is 3.53. The molecule has 0 spiro atoms. The van der Waals surface area contributed by atoms with Gasteiger partial charge in [-0.05, 0) is 48.7 Å². The van der Waals surface area contributed by atoms with Gasteiger partial charge in [-0.2, -0.15) is 5.10 Å². The van der Waals surface area contributed by atoms with Gasteiger partial charge in [0, 0.05) is 38.3 Å². The summed E-state index contributed by atoms with van der Waals surface area (Å²) in [6.45, 7) is 1.21. The van der Waals surface area contributed by atoms with E-state index < -0.39 is 0 Å². The molecule has 0 saturated carbocycles. The van der Waals surface area contributed by atoms with Gasteiger partial charge in [0.25, 0.3) is 5.91 Å². The highest BCUT2D eigenvalue weighted by Crippen LogP contribution is 2.33. The number of carbonyl (C=O) groups is 2. The molecule has 2 fully saturated rings. The standard InChI is InChI=1S/C25H26N4O3/c1-27-22-16-28(13-12-18(22)14-23(27)30)25(31)21-15-29(19-6-4-3-5-7-19)26-24(21)17-8-10-20(32-2)11-9-17/h3-11,15,18,22H,12-14,16H2,1-2H3/t18-,22-/m1/s1. The van der Waals surface area contributed by atoms with Crippen molar-refractivity contribution in [1.82, 2.24) is 19.6 Å². The topological polar surface area (TPSA) is 67.7 Å². The molecule has 2 aromatic carbocycles. The first kappa shape index (κ1) is 20.3. The van der Waals surface area contributed by atoms with Gasteiger partial charge in [-0.1, -0.05) is 18.2 Å². The number of hydrogen-bond acceptors (Lipinski definition) is 4.